The number of nitrogens with zero attached hydrogens (tertiary/aromatic N) is 2. The number of non-ortho nitro benzene ring substituents is 1. The van der Waals surface area contributed by atoms with Crippen LogP contribution in [0.15, 0.2) is 84.4 Å². The molecule has 0 aromatic heterocycles. The maximum absolute atomic E-state index is 13.1. The molecule has 3 aromatic carbocycles. The van der Waals surface area contributed by atoms with Gasteiger partial charge in [-0.2, -0.15) is 0 Å². The third-order valence-corrected chi connectivity index (χ3v) is 5.46. The van der Waals surface area contributed by atoms with Gasteiger partial charge >= 0.3 is 0 Å². The number of carbonyl (C=O) groups excluding carboxylic acids is 3. The number of aliphatic hydroxyl groups excluding tert-OH is 1. The molecule has 1 saturated heterocycles. The Hall–Kier alpha value is -4.59. The second-order valence-corrected chi connectivity index (χ2v) is 7.49. The first-order valence-corrected chi connectivity index (χ1v) is 10.0. The van der Waals surface area contributed by atoms with Gasteiger partial charge in [-0.15, -0.1) is 0 Å². The van der Waals surface area contributed by atoms with E-state index in [-0.39, 0.29) is 22.8 Å². The van der Waals surface area contributed by atoms with E-state index >= 15 is 0 Å². The average molecular weight is 442 g/mol. The number of benzene rings is 3. The van der Waals surface area contributed by atoms with E-state index in [0.29, 0.717) is 22.4 Å². The second-order valence-electron chi connectivity index (χ2n) is 7.49. The van der Waals surface area contributed by atoms with E-state index in [1.54, 1.807) is 54.6 Å². The Morgan fingerprint density at radius 2 is 1.52 bits per heavy atom. The SMILES string of the molecule is CC(=O)c1ccc(N2C(=O)C(=O)C(=C(O)c3ccccc3)[C@H]2c2ccc([N+](=O)[O-])cc2)cc1. The van der Waals surface area contributed by atoms with Gasteiger partial charge in [-0.3, -0.25) is 29.4 Å². The molecule has 164 valence electrons. The molecule has 8 nitrogen and oxygen atoms in total. The fraction of sp³-hybridized carbons (Fsp3) is 0.0800. The van der Waals surface area contributed by atoms with Gasteiger partial charge in [0.1, 0.15) is 5.76 Å². The third kappa shape index (κ3) is 3.89. The molecule has 0 unspecified atom stereocenters. The van der Waals surface area contributed by atoms with E-state index in [4.69, 9.17) is 0 Å². The quantitative estimate of drug-likeness (QED) is 0.156. The average Bonchev–Trinajstić information content (AvgIpc) is 3.09. The summed E-state index contributed by atoms with van der Waals surface area (Å²) >= 11 is 0. The standard InChI is InChI=1S/C25H18N2O6/c1-15(28)16-7-11-19(12-8-16)26-22(17-9-13-20(14-10-17)27(32)33)21(24(30)25(26)31)23(29)18-5-3-2-4-6-18/h2-14,22,29H,1H3/t22-/m1/s1. The molecule has 33 heavy (non-hydrogen) atoms. The van der Waals surface area contributed by atoms with Gasteiger partial charge in [0, 0.05) is 28.9 Å². The summed E-state index contributed by atoms with van der Waals surface area (Å²) in [5.41, 5.74) is 1.27. The van der Waals surface area contributed by atoms with Gasteiger partial charge in [-0.05, 0) is 48.9 Å². The zero-order valence-corrected chi connectivity index (χ0v) is 17.5. The van der Waals surface area contributed by atoms with Gasteiger partial charge in [0.05, 0.1) is 16.5 Å². The Balaban J connectivity index is 1.91. The third-order valence-electron chi connectivity index (χ3n) is 5.46. The number of carbonyl (C=O) groups is 3. The lowest BCUT2D eigenvalue weighted by Gasteiger charge is -2.25. The Bertz CT molecular complexity index is 1290. The summed E-state index contributed by atoms with van der Waals surface area (Å²) in [7, 11) is 0. The number of Topliss-reactive ketones (excluding diaryl/α,β-unsaturated/α-hetero) is 2. The Labute approximate surface area is 188 Å². The van der Waals surface area contributed by atoms with Crippen LogP contribution in [0, 0.1) is 10.1 Å². The Kier molecular flexibility index (Phi) is 5.58. The zero-order valence-electron chi connectivity index (χ0n) is 17.5. The highest BCUT2D eigenvalue weighted by Crippen LogP contribution is 2.42. The molecule has 0 bridgehead atoms. The number of nitro benzene ring substituents is 1. The summed E-state index contributed by atoms with van der Waals surface area (Å²) in [5.74, 6) is -2.23. The van der Waals surface area contributed by atoms with Crippen LogP contribution in [0.4, 0.5) is 11.4 Å². The second kappa shape index (κ2) is 8.51. The largest absolute Gasteiger partial charge is 0.507 e. The highest BCUT2D eigenvalue weighted by molar-refractivity contribution is 6.51. The molecule has 1 N–H and O–H groups in total. The smallest absolute Gasteiger partial charge is 0.300 e. The van der Waals surface area contributed by atoms with Gasteiger partial charge in [0.2, 0.25) is 0 Å². The normalized spacial score (nSPS) is 17.2. The summed E-state index contributed by atoms with van der Waals surface area (Å²) in [6.45, 7) is 1.41. The lowest BCUT2D eigenvalue weighted by molar-refractivity contribution is -0.384. The minimum Gasteiger partial charge on any atom is -0.507 e. The van der Waals surface area contributed by atoms with Gasteiger partial charge in [0.25, 0.3) is 17.4 Å². The van der Waals surface area contributed by atoms with E-state index in [1.807, 2.05) is 0 Å². The Morgan fingerprint density at radius 3 is 2.06 bits per heavy atom. The number of hydrogen-bond acceptors (Lipinski definition) is 6. The van der Waals surface area contributed by atoms with Crippen LogP contribution in [0.25, 0.3) is 5.76 Å². The van der Waals surface area contributed by atoms with E-state index in [2.05, 4.69) is 0 Å². The summed E-state index contributed by atoms with van der Waals surface area (Å²) in [6.07, 6.45) is 0. The number of nitro groups is 1. The van der Waals surface area contributed by atoms with E-state index in [0.717, 1.165) is 0 Å². The molecular weight excluding hydrogens is 424 g/mol. The van der Waals surface area contributed by atoms with Crippen LogP contribution in [-0.4, -0.2) is 27.5 Å². The summed E-state index contributed by atoms with van der Waals surface area (Å²) in [5, 5.41) is 22.1. The highest BCUT2D eigenvalue weighted by Gasteiger charge is 2.47. The molecule has 3 aromatic rings. The van der Waals surface area contributed by atoms with Gasteiger partial charge in [-0.1, -0.05) is 30.3 Å². The maximum atomic E-state index is 13.1. The number of ketones is 2. The van der Waals surface area contributed by atoms with Crippen LogP contribution >= 0.6 is 0 Å². The number of anilines is 1. The molecular formula is C25H18N2O6. The van der Waals surface area contributed by atoms with Crippen LogP contribution in [0.3, 0.4) is 0 Å². The number of amides is 1. The fourth-order valence-corrected chi connectivity index (χ4v) is 3.80. The van der Waals surface area contributed by atoms with Crippen LogP contribution in [-0.2, 0) is 9.59 Å². The molecule has 4 rings (SSSR count). The molecule has 1 fully saturated rings. The minimum absolute atomic E-state index is 0.129. The first-order valence-electron chi connectivity index (χ1n) is 10.0. The molecule has 1 atom stereocenters. The molecule has 0 saturated carbocycles. The lowest BCUT2D eigenvalue weighted by atomic mass is 9.95. The van der Waals surface area contributed by atoms with E-state index in [9.17, 15) is 29.6 Å². The predicted octanol–water partition coefficient (Wildman–Crippen LogP) is 4.42. The summed E-state index contributed by atoms with van der Waals surface area (Å²) in [6, 6.07) is 18.9. The van der Waals surface area contributed by atoms with Crippen molar-refractivity contribution in [1.82, 2.24) is 0 Å². The van der Waals surface area contributed by atoms with Crippen molar-refractivity contribution in [3.8, 4) is 0 Å². The minimum atomic E-state index is -1.02. The topological polar surface area (TPSA) is 118 Å². The van der Waals surface area contributed by atoms with Crippen molar-refractivity contribution in [2.75, 3.05) is 4.90 Å². The fourth-order valence-electron chi connectivity index (χ4n) is 3.80. The summed E-state index contributed by atoms with van der Waals surface area (Å²) < 4.78 is 0. The van der Waals surface area contributed by atoms with Crippen molar-refractivity contribution in [2.45, 2.75) is 13.0 Å². The molecule has 1 aliphatic heterocycles. The molecule has 1 amide bonds. The first-order chi connectivity index (χ1) is 15.8. The van der Waals surface area contributed by atoms with Gasteiger partial charge < -0.3 is 5.11 Å². The predicted molar refractivity (Wildman–Crippen MR) is 121 cm³/mol. The Morgan fingerprint density at radius 1 is 0.909 bits per heavy atom. The van der Waals surface area contributed by atoms with Crippen molar-refractivity contribution in [1.29, 1.82) is 0 Å². The van der Waals surface area contributed by atoms with Gasteiger partial charge in [0.15, 0.2) is 5.78 Å². The van der Waals surface area contributed by atoms with Crippen LogP contribution < -0.4 is 4.90 Å². The maximum Gasteiger partial charge on any atom is 0.300 e. The van der Waals surface area contributed by atoms with Gasteiger partial charge in [-0.25, -0.2) is 0 Å². The number of hydrogen-bond donors (Lipinski definition) is 1. The first kappa shape index (κ1) is 21.6. The monoisotopic (exact) mass is 442 g/mol. The van der Waals surface area contributed by atoms with Crippen LogP contribution in [0.5, 0.6) is 0 Å². The highest BCUT2D eigenvalue weighted by atomic mass is 16.6. The zero-order chi connectivity index (χ0) is 23.7. The van der Waals surface area contributed by atoms with Crippen molar-refractivity contribution >= 4 is 34.6 Å². The molecule has 8 heteroatoms. The van der Waals surface area contributed by atoms with Crippen molar-refractivity contribution in [2.24, 2.45) is 0 Å². The van der Waals surface area contributed by atoms with Crippen molar-refractivity contribution in [3.63, 3.8) is 0 Å². The molecule has 0 radical (unpaired) electrons. The molecule has 1 heterocycles. The lowest BCUT2D eigenvalue weighted by Crippen LogP contribution is -2.29. The van der Waals surface area contributed by atoms with Crippen LogP contribution in [0.2, 0.25) is 0 Å². The van der Waals surface area contributed by atoms with E-state index in [1.165, 1.54) is 36.1 Å². The van der Waals surface area contributed by atoms with Crippen LogP contribution in [0.1, 0.15) is 34.5 Å². The molecule has 1 aliphatic rings. The van der Waals surface area contributed by atoms with E-state index < -0.39 is 22.7 Å². The number of rotatable bonds is 5. The van der Waals surface area contributed by atoms with Crippen molar-refractivity contribution in [3.05, 3.63) is 111 Å². The molecule has 0 aliphatic carbocycles. The molecule has 0 spiro atoms. The van der Waals surface area contributed by atoms with Crippen molar-refractivity contribution < 1.29 is 24.4 Å². The number of aliphatic hydroxyl groups is 1. The summed E-state index contributed by atoms with van der Waals surface area (Å²) in [4.78, 5) is 49.5.